The molecule has 7 heteroatoms. The lowest BCUT2D eigenvalue weighted by atomic mass is 10.2. The van der Waals surface area contributed by atoms with Gasteiger partial charge in [-0.3, -0.25) is 9.80 Å². The number of nitrogens with one attached hydrogen (secondary N) is 1. The van der Waals surface area contributed by atoms with Gasteiger partial charge in [0.15, 0.2) is 5.17 Å². The molecule has 1 aromatic rings. The van der Waals surface area contributed by atoms with Crippen LogP contribution < -0.4 is 10.2 Å². The zero-order valence-corrected chi connectivity index (χ0v) is 13.7. The smallest absolute Gasteiger partial charge is 0.286 e. The number of amides is 1. The first-order chi connectivity index (χ1) is 11.2. The van der Waals surface area contributed by atoms with Crippen molar-refractivity contribution in [3.63, 3.8) is 0 Å². The van der Waals surface area contributed by atoms with Gasteiger partial charge >= 0.3 is 0 Å². The van der Waals surface area contributed by atoms with Crippen molar-refractivity contribution in [2.24, 2.45) is 4.99 Å². The Morgan fingerprint density at radius 3 is 3.09 bits per heavy atom. The number of amidine groups is 1. The molecule has 1 fully saturated rings. The fourth-order valence-electron chi connectivity index (χ4n) is 2.41. The summed E-state index contributed by atoms with van der Waals surface area (Å²) in [7, 11) is 0. The third-order valence-corrected chi connectivity index (χ3v) is 4.52. The first kappa shape index (κ1) is 16.0. The maximum Gasteiger partial charge on any atom is 0.286 e. The second-order valence-corrected chi connectivity index (χ2v) is 6.20. The molecule has 0 radical (unpaired) electrons. The summed E-state index contributed by atoms with van der Waals surface area (Å²) in [5.41, 5.74) is 3.91. The first-order valence-corrected chi connectivity index (χ1v) is 8.45. The van der Waals surface area contributed by atoms with Crippen molar-refractivity contribution in [1.82, 2.24) is 10.4 Å². The Bertz CT molecular complexity index is 669. The molecule has 1 saturated heterocycles. The van der Waals surface area contributed by atoms with Crippen molar-refractivity contribution in [1.29, 1.82) is 0 Å². The molecule has 1 N–H and O–H groups in total. The average Bonchev–Trinajstić information content (AvgIpc) is 2.92. The number of nitrogens with zero attached hydrogens (tertiary/aromatic N) is 2. The molecule has 3 rings (SSSR count). The SMILES string of the molecule is CCOc1cc(F)ccc1/C=C1\SC(N2CCCCN2)=NC1=O. The number of ether oxygens (including phenoxy) is 1. The molecule has 1 aromatic carbocycles. The second kappa shape index (κ2) is 7.14. The van der Waals surface area contributed by atoms with Crippen LogP contribution in [0.25, 0.3) is 6.08 Å². The number of carbonyl (C=O) groups is 1. The van der Waals surface area contributed by atoms with E-state index >= 15 is 0 Å². The minimum absolute atomic E-state index is 0.274. The fourth-order valence-corrected chi connectivity index (χ4v) is 3.32. The normalized spacial score (nSPS) is 20.1. The highest BCUT2D eigenvalue weighted by Gasteiger charge is 2.27. The molecule has 0 aliphatic carbocycles. The number of rotatable bonds is 3. The summed E-state index contributed by atoms with van der Waals surface area (Å²) in [6.07, 6.45) is 3.91. The van der Waals surface area contributed by atoms with E-state index in [0.717, 1.165) is 25.9 Å². The van der Waals surface area contributed by atoms with Gasteiger partial charge in [-0.1, -0.05) is 0 Å². The first-order valence-electron chi connectivity index (χ1n) is 7.63. The number of hydrogen-bond donors (Lipinski definition) is 1. The summed E-state index contributed by atoms with van der Waals surface area (Å²) in [6, 6.07) is 4.29. The van der Waals surface area contributed by atoms with Crippen LogP contribution in [0, 0.1) is 5.82 Å². The third kappa shape index (κ3) is 3.73. The van der Waals surface area contributed by atoms with Gasteiger partial charge in [-0.25, -0.2) is 9.82 Å². The predicted octanol–water partition coefficient (Wildman–Crippen LogP) is 2.80. The second-order valence-electron chi connectivity index (χ2n) is 5.19. The number of hydrazine groups is 1. The van der Waals surface area contributed by atoms with E-state index in [2.05, 4.69) is 10.4 Å². The number of benzene rings is 1. The van der Waals surface area contributed by atoms with Crippen LogP contribution in [0.2, 0.25) is 0 Å². The minimum atomic E-state index is -0.365. The molecular formula is C16H18FN3O2S. The molecule has 0 aromatic heterocycles. The molecule has 0 bridgehead atoms. The highest BCUT2D eigenvalue weighted by Crippen LogP contribution is 2.32. The quantitative estimate of drug-likeness (QED) is 0.861. The molecule has 0 atom stereocenters. The van der Waals surface area contributed by atoms with E-state index in [1.165, 1.54) is 23.9 Å². The maximum atomic E-state index is 13.4. The van der Waals surface area contributed by atoms with E-state index in [4.69, 9.17) is 4.74 Å². The zero-order chi connectivity index (χ0) is 16.2. The number of aliphatic imine (C=N–C) groups is 1. The maximum absolute atomic E-state index is 13.4. The average molecular weight is 335 g/mol. The standard InChI is InChI=1S/C16H18FN3O2S/c1-2-22-13-10-12(17)6-5-11(13)9-14-15(21)19-16(23-14)20-8-4-3-7-18-20/h5-6,9-10,18H,2-4,7-8H2,1H3/b14-9-. The molecule has 0 spiro atoms. The molecule has 2 aliphatic heterocycles. The van der Waals surface area contributed by atoms with Crippen LogP contribution in [0.4, 0.5) is 4.39 Å². The van der Waals surface area contributed by atoms with Crippen LogP contribution in [-0.2, 0) is 4.79 Å². The van der Waals surface area contributed by atoms with Gasteiger partial charge in [-0.2, -0.15) is 4.99 Å². The topological polar surface area (TPSA) is 53.9 Å². The lowest BCUT2D eigenvalue weighted by Crippen LogP contribution is -2.45. The molecule has 0 saturated carbocycles. The summed E-state index contributed by atoms with van der Waals surface area (Å²) >= 11 is 1.33. The number of hydrogen-bond acceptors (Lipinski definition) is 5. The van der Waals surface area contributed by atoms with Gasteiger partial charge < -0.3 is 4.74 Å². The van der Waals surface area contributed by atoms with E-state index in [-0.39, 0.29) is 11.7 Å². The lowest BCUT2D eigenvalue weighted by molar-refractivity contribution is -0.113. The number of thioether (sulfide) groups is 1. The molecule has 122 valence electrons. The fraction of sp³-hybridized carbons (Fsp3) is 0.375. The van der Waals surface area contributed by atoms with Gasteiger partial charge in [-0.05, 0) is 49.7 Å². The zero-order valence-electron chi connectivity index (χ0n) is 12.8. The summed E-state index contributed by atoms with van der Waals surface area (Å²) < 4.78 is 18.8. The van der Waals surface area contributed by atoms with Crippen LogP contribution in [0.15, 0.2) is 28.1 Å². The Balaban J connectivity index is 1.80. The summed E-state index contributed by atoms with van der Waals surface area (Å²) in [4.78, 5) is 16.7. The summed E-state index contributed by atoms with van der Waals surface area (Å²) in [5.74, 6) is -0.211. The van der Waals surface area contributed by atoms with Crippen molar-refractivity contribution in [3.05, 3.63) is 34.5 Å². The Kier molecular flexibility index (Phi) is 4.97. The van der Waals surface area contributed by atoms with Gasteiger partial charge in [0.25, 0.3) is 5.91 Å². The Morgan fingerprint density at radius 2 is 2.35 bits per heavy atom. The highest BCUT2D eigenvalue weighted by molar-refractivity contribution is 8.18. The van der Waals surface area contributed by atoms with Crippen LogP contribution in [0.3, 0.4) is 0 Å². The minimum Gasteiger partial charge on any atom is -0.493 e. The molecular weight excluding hydrogens is 317 g/mol. The van der Waals surface area contributed by atoms with Crippen molar-refractivity contribution in [2.75, 3.05) is 19.7 Å². The number of carbonyl (C=O) groups excluding carboxylic acids is 1. The van der Waals surface area contributed by atoms with E-state index in [1.54, 1.807) is 12.1 Å². The van der Waals surface area contributed by atoms with Crippen LogP contribution in [-0.4, -0.2) is 35.8 Å². The molecule has 23 heavy (non-hydrogen) atoms. The summed E-state index contributed by atoms with van der Waals surface area (Å²) in [6.45, 7) is 3.99. The molecule has 1 amide bonds. The van der Waals surface area contributed by atoms with Crippen molar-refractivity contribution >= 4 is 28.9 Å². The van der Waals surface area contributed by atoms with E-state index in [0.29, 0.717) is 28.0 Å². The highest BCUT2D eigenvalue weighted by atomic mass is 32.2. The van der Waals surface area contributed by atoms with E-state index in [1.807, 2.05) is 11.9 Å². The van der Waals surface area contributed by atoms with Crippen molar-refractivity contribution in [3.8, 4) is 5.75 Å². The molecule has 2 aliphatic rings. The van der Waals surface area contributed by atoms with Gasteiger partial charge in [0.1, 0.15) is 11.6 Å². The largest absolute Gasteiger partial charge is 0.493 e. The van der Waals surface area contributed by atoms with E-state index in [9.17, 15) is 9.18 Å². The van der Waals surface area contributed by atoms with Gasteiger partial charge in [0, 0.05) is 24.7 Å². The lowest BCUT2D eigenvalue weighted by Gasteiger charge is -2.28. The van der Waals surface area contributed by atoms with Gasteiger partial charge in [-0.15, -0.1) is 0 Å². The Labute approximate surface area is 138 Å². The number of halogens is 1. The molecule has 0 unspecified atom stereocenters. The van der Waals surface area contributed by atoms with E-state index < -0.39 is 0 Å². The van der Waals surface area contributed by atoms with Crippen molar-refractivity contribution in [2.45, 2.75) is 19.8 Å². The van der Waals surface area contributed by atoms with Gasteiger partial charge in [0.2, 0.25) is 0 Å². The monoisotopic (exact) mass is 335 g/mol. The Hall–Kier alpha value is -1.86. The molecule has 5 nitrogen and oxygen atoms in total. The van der Waals surface area contributed by atoms with Crippen LogP contribution >= 0.6 is 11.8 Å². The van der Waals surface area contributed by atoms with Crippen LogP contribution in [0.5, 0.6) is 5.75 Å². The summed E-state index contributed by atoms with van der Waals surface area (Å²) in [5, 5.41) is 2.59. The van der Waals surface area contributed by atoms with Crippen LogP contribution in [0.1, 0.15) is 25.3 Å². The molecule has 2 heterocycles. The van der Waals surface area contributed by atoms with Crippen molar-refractivity contribution < 1.29 is 13.9 Å². The van der Waals surface area contributed by atoms with Gasteiger partial charge in [0.05, 0.1) is 11.5 Å². The predicted molar refractivity (Wildman–Crippen MR) is 89.5 cm³/mol. The Morgan fingerprint density at radius 1 is 1.48 bits per heavy atom. The third-order valence-electron chi connectivity index (χ3n) is 3.51.